The SMILES string of the molecule is Fc1ccc(CCn2cncc2CCl)cc1. The third kappa shape index (κ3) is 2.61. The van der Waals surface area contributed by atoms with Crippen LogP contribution in [-0.4, -0.2) is 9.55 Å². The molecule has 0 aliphatic rings. The van der Waals surface area contributed by atoms with Crippen LogP contribution in [0.3, 0.4) is 0 Å². The second-order valence-corrected chi connectivity index (χ2v) is 3.86. The van der Waals surface area contributed by atoms with Crippen LogP contribution in [0.5, 0.6) is 0 Å². The van der Waals surface area contributed by atoms with Gasteiger partial charge in [0.15, 0.2) is 0 Å². The van der Waals surface area contributed by atoms with E-state index in [9.17, 15) is 4.39 Å². The van der Waals surface area contributed by atoms with Gasteiger partial charge in [0.25, 0.3) is 0 Å². The zero-order chi connectivity index (χ0) is 11.4. The second-order valence-electron chi connectivity index (χ2n) is 3.59. The molecule has 84 valence electrons. The van der Waals surface area contributed by atoms with Gasteiger partial charge in [0.2, 0.25) is 0 Å². The number of alkyl halides is 1. The number of nitrogens with zero attached hydrogens (tertiary/aromatic N) is 2. The molecule has 0 saturated heterocycles. The van der Waals surface area contributed by atoms with Crippen LogP contribution < -0.4 is 0 Å². The highest BCUT2D eigenvalue weighted by atomic mass is 35.5. The summed E-state index contributed by atoms with van der Waals surface area (Å²) in [5.41, 5.74) is 2.11. The van der Waals surface area contributed by atoms with E-state index < -0.39 is 0 Å². The summed E-state index contributed by atoms with van der Waals surface area (Å²) in [7, 11) is 0. The summed E-state index contributed by atoms with van der Waals surface area (Å²) in [6.07, 6.45) is 4.37. The molecule has 16 heavy (non-hydrogen) atoms. The summed E-state index contributed by atoms with van der Waals surface area (Å²) in [5.74, 6) is 0.261. The molecule has 0 bridgehead atoms. The number of aromatic nitrogens is 2. The number of imidazole rings is 1. The Balaban J connectivity index is 1.99. The van der Waals surface area contributed by atoms with Gasteiger partial charge in [-0.25, -0.2) is 9.37 Å². The highest BCUT2D eigenvalue weighted by molar-refractivity contribution is 6.16. The Bertz CT molecular complexity index is 450. The summed E-state index contributed by atoms with van der Waals surface area (Å²) in [6, 6.07) is 6.55. The molecule has 1 aromatic carbocycles. The van der Waals surface area contributed by atoms with E-state index in [0.717, 1.165) is 24.2 Å². The monoisotopic (exact) mass is 238 g/mol. The lowest BCUT2D eigenvalue weighted by Gasteiger charge is -2.05. The third-order valence-corrected chi connectivity index (χ3v) is 2.76. The molecule has 4 heteroatoms. The van der Waals surface area contributed by atoms with Crippen LogP contribution in [0.15, 0.2) is 36.8 Å². The highest BCUT2D eigenvalue weighted by Gasteiger charge is 2.00. The lowest BCUT2D eigenvalue weighted by Crippen LogP contribution is -2.03. The highest BCUT2D eigenvalue weighted by Crippen LogP contribution is 2.08. The minimum absolute atomic E-state index is 0.201. The zero-order valence-electron chi connectivity index (χ0n) is 8.74. The summed E-state index contributed by atoms with van der Waals surface area (Å²) in [6.45, 7) is 0.813. The number of hydrogen-bond donors (Lipinski definition) is 0. The number of rotatable bonds is 4. The number of halogens is 2. The first-order valence-electron chi connectivity index (χ1n) is 5.09. The van der Waals surface area contributed by atoms with Crippen molar-refractivity contribution in [2.45, 2.75) is 18.8 Å². The van der Waals surface area contributed by atoms with E-state index in [1.54, 1.807) is 24.7 Å². The van der Waals surface area contributed by atoms with Crippen LogP contribution in [0.4, 0.5) is 4.39 Å². The summed E-state index contributed by atoms with van der Waals surface area (Å²) in [4.78, 5) is 4.04. The topological polar surface area (TPSA) is 17.8 Å². The molecule has 2 rings (SSSR count). The van der Waals surface area contributed by atoms with Crippen molar-refractivity contribution in [1.82, 2.24) is 9.55 Å². The van der Waals surface area contributed by atoms with Crippen LogP contribution in [-0.2, 0) is 18.8 Å². The van der Waals surface area contributed by atoms with Crippen molar-refractivity contribution in [3.63, 3.8) is 0 Å². The van der Waals surface area contributed by atoms with Gasteiger partial charge < -0.3 is 4.57 Å². The van der Waals surface area contributed by atoms with E-state index in [2.05, 4.69) is 4.98 Å². The molecule has 1 aromatic heterocycles. The third-order valence-electron chi connectivity index (χ3n) is 2.49. The standard InChI is InChI=1S/C12H12ClFN2/c13-7-12-8-15-9-16(12)6-5-10-1-3-11(14)4-2-10/h1-4,8-9H,5-7H2. The summed E-state index contributed by atoms with van der Waals surface area (Å²) < 4.78 is 14.7. The van der Waals surface area contributed by atoms with Gasteiger partial charge in [0, 0.05) is 12.7 Å². The molecule has 0 fully saturated rings. The van der Waals surface area contributed by atoms with Crippen LogP contribution in [0, 0.1) is 5.82 Å². The van der Waals surface area contributed by atoms with E-state index >= 15 is 0 Å². The van der Waals surface area contributed by atoms with Crippen molar-refractivity contribution in [1.29, 1.82) is 0 Å². The molecular weight excluding hydrogens is 227 g/mol. The molecule has 0 unspecified atom stereocenters. The zero-order valence-corrected chi connectivity index (χ0v) is 9.49. The fourth-order valence-electron chi connectivity index (χ4n) is 1.56. The molecule has 0 spiro atoms. The minimum Gasteiger partial charge on any atom is -0.333 e. The maximum atomic E-state index is 12.7. The molecule has 0 aliphatic carbocycles. The van der Waals surface area contributed by atoms with Crippen molar-refractivity contribution < 1.29 is 4.39 Å². The van der Waals surface area contributed by atoms with Crippen molar-refractivity contribution in [3.05, 3.63) is 53.9 Å². The molecule has 0 amide bonds. The van der Waals surface area contributed by atoms with Crippen molar-refractivity contribution in [3.8, 4) is 0 Å². The molecule has 0 aliphatic heterocycles. The van der Waals surface area contributed by atoms with Gasteiger partial charge in [-0.05, 0) is 24.1 Å². The second kappa shape index (κ2) is 5.12. The lowest BCUT2D eigenvalue weighted by molar-refractivity contribution is 0.625. The van der Waals surface area contributed by atoms with Gasteiger partial charge in [-0.2, -0.15) is 0 Å². The van der Waals surface area contributed by atoms with E-state index in [4.69, 9.17) is 11.6 Å². The maximum Gasteiger partial charge on any atom is 0.123 e. The molecule has 0 saturated carbocycles. The predicted octanol–water partition coefficient (Wildman–Crippen LogP) is 3.00. The number of aryl methyl sites for hydroxylation is 2. The molecule has 1 heterocycles. The Kier molecular flexibility index (Phi) is 3.57. The van der Waals surface area contributed by atoms with E-state index in [-0.39, 0.29) is 5.82 Å². The minimum atomic E-state index is -0.201. The summed E-state index contributed by atoms with van der Waals surface area (Å²) >= 11 is 5.77. The smallest absolute Gasteiger partial charge is 0.123 e. The van der Waals surface area contributed by atoms with Gasteiger partial charge in [-0.15, -0.1) is 11.6 Å². The molecule has 2 nitrogen and oxygen atoms in total. The lowest BCUT2D eigenvalue weighted by atomic mass is 10.1. The van der Waals surface area contributed by atoms with Crippen molar-refractivity contribution >= 4 is 11.6 Å². The van der Waals surface area contributed by atoms with E-state index in [0.29, 0.717) is 5.88 Å². The Morgan fingerprint density at radius 3 is 2.69 bits per heavy atom. The summed E-state index contributed by atoms with van der Waals surface area (Å²) in [5, 5.41) is 0. The Morgan fingerprint density at radius 1 is 1.25 bits per heavy atom. The molecule has 0 N–H and O–H groups in total. The number of hydrogen-bond acceptors (Lipinski definition) is 1. The van der Waals surface area contributed by atoms with Crippen LogP contribution in [0.1, 0.15) is 11.3 Å². The van der Waals surface area contributed by atoms with Crippen LogP contribution in [0.25, 0.3) is 0 Å². The fourth-order valence-corrected chi connectivity index (χ4v) is 1.78. The van der Waals surface area contributed by atoms with Gasteiger partial charge in [-0.3, -0.25) is 0 Å². The van der Waals surface area contributed by atoms with Crippen LogP contribution >= 0.6 is 11.6 Å². The molecule has 2 aromatic rings. The van der Waals surface area contributed by atoms with Gasteiger partial charge in [0.1, 0.15) is 5.82 Å². The Hall–Kier alpha value is -1.35. The molecule has 0 atom stereocenters. The normalized spacial score (nSPS) is 10.6. The quantitative estimate of drug-likeness (QED) is 0.749. The Morgan fingerprint density at radius 2 is 2.00 bits per heavy atom. The first-order chi connectivity index (χ1) is 7.79. The largest absolute Gasteiger partial charge is 0.333 e. The van der Waals surface area contributed by atoms with Gasteiger partial charge >= 0.3 is 0 Å². The van der Waals surface area contributed by atoms with Gasteiger partial charge in [0.05, 0.1) is 17.9 Å². The first-order valence-corrected chi connectivity index (χ1v) is 5.62. The van der Waals surface area contributed by atoms with Gasteiger partial charge in [-0.1, -0.05) is 12.1 Å². The van der Waals surface area contributed by atoms with E-state index in [1.807, 2.05) is 4.57 Å². The Labute approximate surface area is 98.7 Å². The molecule has 0 radical (unpaired) electrons. The first kappa shape index (κ1) is 11.1. The molecular formula is C12H12ClFN2. The van der Waals surface area contributed by atoms with Crippen LogP contribution in [0.2, 0.25) is 0 Å². The fraction of sp³-hybridized carbons (Fsp3) is 0.250. The van der Waals surface area contributed by atoms with Crippen molar-refractivity contribution in [2.24, 2.45) is 0 Å². The van der Waals surface area contributed by atoms with Crippen molar-refractivity contribution in [2.75, 3.05) is 0 Å². The van der Waals surface area contributed by atoms with E-state index in [1.165, 1.54) is 12.1 Å². The number of benzene rings is 1. The average Bonchev–Trinajstić information content (AvgIpc) is 2.76. The maximum absolute atomic E-state index is 12.7. The average molecular weight is 239 g/mol. The predicted molar refractivity (Wildman–Crippen MR) is 61.9 cm³/mol.